The summed E-state index contributed by atoms with van der Waals surface area (Å²) in [5.41, 5.74) is 7.85. The number of urea groups is 1. The van der Waals surface area contributed by atoms with Gasteiger partial charge in [0.05, 0.1) is 7.11 Å². The Morgan fingerprint density at radius 3 is 2.06 bits per heavy atom. The zero-order valence-electron chi connectivity index (χ0n) is 19.2. The van der Waals surface area contributed by atoms with Gasteiger partial charge in [0, 0.05) is 20.2 Å². The number of rotatable bonds is 8. The van der Waals surface area contributed by atoms with E-state index in [2.05, 4.69) is 10.3 Å². The van der Waals surface area contributed by atoms with Gasteiger partial charge in [-0.25, -0.2) is 4.79 Å². The van der Waals surface area contributed by atoms with Gasteiger partial charge in [-0.15, -0.1) is 0 Å². The topological polar surface area (TPSA) is 98.4 Å². The molecule has 3 aromatic rings. The van der Waals surface area contributed by atoms with Crippen LogP contribution in [0.5, 0.6) is 17.2 Å². The van der Waals surface area contributed by atoms with Crippen LogP contribution in [0.15, 0.2) is 71.7 Å². The van der Waals surface area contributed by atoms with Crippen molar-refractivity contribution in [2.24, 2.45) is 10.7 Å². The number of carbonyl (C=O) groups excluding carboxylic acids is 1. The number of hydrogen-bond acceptors (Lipinski definition) is 4. The summed E-state index contributed by atoms with van der Waals surface area (Å²) >= 11 is 6.70. The Labute approximate surface area is 203 Å². The zero-order chi connectivity index (χ0) is 24.5. The van der Waals surface area contributed by atoms with Gasteiger partial charge in [-0.3, -0.25) is 0 Å². The molecule has 3 rings (SSSR count). The van der Waals surface area contributed by atoms with Crippen molar-refractivity contribution >= 4 is 29.3 Å². The van der Waals surface area contributed by atoms with Crippen LogP contribution >= 0.6 is 11.6 Å². The summed E-state index contributed by atoms with van der Waals surface area (Å²) in [5, 5.41) is 2.75. The maximum Gasteiger partial charge on any atom is 0.348 e. The summed E-state index contributed by atoms with van der Waals surface area (Å²) in [6.07, 6.45) is 0. The minimum atomic E-state index is -0.710. The number of nitrogens with two attached hydrogens (primary N) is 1. The van der Waals surface area contributed by atoms with Crippen molar-refractivity contribution in [1.82, 2.24) is 4.90 Å². The van der Waals surface area contributed by atoms with E-state index >= 15 is 0 Å². The van der Waals surface area contributed by atoms with Crippen LogP contribution in [0.3, 0.4) is 0 Å². The molecule has 0 aliphatic rings. The lowest BCUT2D eigenvalue weighted by molar-refractivity contribution is 0.254. The molecule has 9 heteroatoms. The van der Waals surface area contributed by atoms with Crippen LogP contribution in [0.4, 0.5) is 10.5 Å². The Kier molecular flexibility index (Phi) is 8.59. The van der Waals surface area contributed by atoms with Crippen LogP contribution in [-0.4, -0.2) is 38.1 Å². The number of nitrogens with zero attached hydrogens (tertiary/aromatic N) is 2. The summed E-state index contributed by atoms with van der Waals surface area (Å²) < 4.78 is 17.6. The molecule has 0 aliphatic heterocycles. The van der Waals surface area contributed by atoms with E-state index in [1.54, 1.807) is 20.2 Å². The number of anilines is 1. The summed E-state index contributed by atoms with van der Waals surface area (Å²) in [5.74, 6) is 0.959. The highest BCUT2D eigenvalue weighted by Gasteiger charge is 2.22. The first-order chi connectivity index (χ1) is 16.4. The fourth-order valence-electron chi connectivity index (χ4n) is 2.91. The molecule has 0 unspecified atom stereocenters. The number of methoxy groups -OCH3 is 1. The second-order valence-electron chi connectivity index (χ2n) is 7.44. The van der Waals surface area contributed by atoms with Crippen molar-refractivity contribution in [2.75, 3.05) is 26.5 Å². The highest BCUT2D eigenvalue weighted by atomic mass is 35.5. The number of ether oxygens (including phenoxy) is 3. The lowest BCUT2D eigenvalue weighted by Crippen LogP contribution is -2.32. The quantitative estimate of drug-likeness (QED) is 0.349. The van der Waals surface area contributed by atoms with Crippen molar-refractivity contribution in [1.29, 1.82) is 0 Å². The number of aliphatic imine (C=N–C) groups is 1. The van der Waals surface area contributed by atoms with Gasteiger partial charge >= 0.3 is 6.03 Å². The molecule has 0 bridgehead atoms. The van der Waals surface area contributed by atoms with E-state index in [4.69, 9.17) is 31.5 Å². The number of hydrogen-bond donors (Lipinski definition) is 2. The van der Waals surface area contributed by atoms with Gasteiger partial charge in [-0.2, -0.15) is 4.99 Å². The Balaban J connectivity index is 1.95. The smallest absolute Gasteiger partial charge is 0.348 e. The molecular formula is C25H27ClN4O4. The highest BCUT2D eigenvalue weighted by molar-refractivity contribution is 6.36. The molecule has 0 spiro atoms. The molecule has 0 aliphatic carbocycles. The lowest BCUT2D eigenvalue weighted by atomic mass is 10.2. The van der Waals surface area contributed by atoms with Crippen molar-refractivity contribution in [2.45, 2.75) is 13.2 Å². The average molecular weight is 483 g/mol. The third-order valence-corrected chi connectivity index (χ3v) is 5.10. The fourth-order valence-corrected chi connectivity index (χ4v) is 3.20. The minimum Gasteiger partial charge on any atom is -0.494 e. The van der Waals surface area contributed by atoms with E-state index in [-0.39, 0.29) is 41.4 Å². The van der Waals surface area contributed by atoms with Gasteiger partial charge in [0.2, 0.25) is 0 Å². The van der Waals surface area contributed by atoms with E-state index in [1.807, 2.05) is 60.7 Å². The first kappa shape index (κ1) is 24.7. The van der Waals surface area contributed by atoms with Crippen LogP contribution in [0.2, 0.25) is 5.02 Å². The SMILES string of the molecule is COc1cc(OCc2ccccc2)c(OCc2ccccc2)c(Cl)c1NC(=O)N=C(N)N(C)C. The van der Waals surface area contributed by atoms with Gasteiger partial charge < -0.3 is 30.2 Å². The second kappa shape index (κ2) is 11.8. The fraction of sp³-hybridized carbons (Fsp3) is 0.200. The lowest BCUT2D eigenvalue weighted by Gasteiger charge is -2.19. The first-order valence-corrected chi connectivity index (χ1v) is 10.8. The Bertz CT molecular complexity index is 1140. The van der Waals surface area contributed by atoms with Crippen molar-refractivity contribution in [3.05, 3.63) is 82.9 Å². The summed E-state index contributed by atoms with van der Waals surface area (Å²) in [4.78, 5) is 17.7. The van der Waals surface area contributed by atoms with Gasteiger partial charge in [0.25, 0.3) is 0 Å². The van der Waals surface area contributed by atoms with Crippen molar-refractivity contribution in [3.63, 3.8) is 0 Å². The minimum absolute atomic E-state index is 0.0379. The number of nitrogens with one attached hydrogen (secondary N) is 1. The largest absolute Gasteiger partial charge is 0.494 e. The van der Waals surface area contributed by atoms with Crippen molar-refractivity contribution in [3.8, 4) is 17.2 Å². The van der Waals surface area contributed by atoms with Gasteiger partial charge in [0.15, 0.2) is 17.5 Å². The second-order valence-corrected chi connectivity index (χ2v) is 7.82. The number of carbonyl (C=O) groups is 1. The molecule has 0 heterocycles. The predicted molar refractivity (Wildman–Crippen MR) is 134 cm³/mol. The molecule has 0 atom stereocenters. The molecule has 3 N–H and O–H groups in total. The Morgan fingerprint density at radius 2 is 1.53 bits per heavy atom. The maximum absolute atomic E-state index is 12.4. The number of amides is 2. The summed E-state index contributed by atoms with van der Waals surface area (Å²) in [6, 6.07) is 20.2. The third-order valence-electron chi connectivity index (χ3n) is 4.74. The molecule has 3 aromatic carbocycles. The van der Waals surface area contributed by atoms with Gasteiger partial charge in [-0.05, 0) is 11.1 Å². The number of halogens is 1. The van der Waals surface area contributed by atoms with Gasteiger partial charge in [-0.1, -0.05) is 72.3 Å². The molecular weight excluding hydrogens is 456 g/mol. The molecule has 0 radical (unpaired) electrons. The maximum atomic E-state index is 12.4. The van der Waals surface area contributed by atoms with Crippen LogP contribution in [0, 0.1) is 0 Å². The molecule has 0 aromatic heterocycles. The van der Waals surface area contributed by atoms with E-state index in [0.717, 1.165) is 11.1 Å². The van der Waals surface area contributed by atoms with Crippen LogP contribution in [-0.2, 0) is 13.2 Å². The van der Waals surface area contributed by atoms with E-state index in [1.165, 1.54) is 12.0 Å². The Morgan fingerprint density at radius 1 is 0.971 bits per heavy atom. The standard InChI is InChI=1S/C25H27ClN4O4/c1-30(2)24(27)29-25(31)28-22-19(32-3)14-20(33-15-17-10-6-4-7-11-17)23(21(22)26)34-16-18-12-8-5-9-13-18/h4-14H,15-16H2,1-3H3,(H3,27,28,29,31). The highest BCUT2D eigenvalue weighted by Crippen LogP contribution is 2.47. The molecule has 34 heavy (non-hydrogen) atoms. The number of guanidine groups is 1. The Hall–Kier alpha value is -3.91. The van der Waals surface area contributed by atoms with Crippen molar-refractivity contribution < 1.29 is 19.0 Å². The van der Waals surface area contributed by atoms with E-state index in [9.17, 15) is 4.79 Å². The van der Waals surface area contributed by atoms with E-state index < -0.39 is 6.03 Å². The zero-order valence-corrected chi connectivity index (χ0v) is 20.0. The molecule has 0 saturated heterocycles. The number of benzene rings is 3. The van der Waals surface area contributed by atoms with Crippen LogP contribution < -0.4 is 25.3 Å². The molecule has 0 saturated carbocycles. The normalized spacial score (nSPS) is 11.0. The monoisotopic (exact) mass is 482 g/mol. The molecule has 0 fully saturated rings. The van der Waals surface area contributed by atoms with E-state index in [0.29, 0.717) is 5.75 Å². The summed E-state index contributed by atoms with van der Waals surface area (Å²) in [7, 11) is 4.81. The predicted octanol–water partition coefficient (Wildman–Crippen LogP) is 4.91. The average Bonchev–Trinajstić information content (AvgIpc) is 2.84. The molecule has 178 valence electrons. The van der Waals surface area contributed by atoms with Gasteiger partial charge in [0.1, 0.15) is 29.7 Å². The molecule has 2 amide bonds. The van der Waals surface area contributed by atoms with Crippen LogP contribution in [0.25, 0.3) is 0 Å². The summed E-state index contributed by atoms with van der Waals surface area (Å²) in [6.45, 7) is 0.533. The molecule has 8 nitrogen and oxygen atoms in total. The third kappa shape index (κ3) is 6.55. The first-order valence-electron chi connectivity index (χ1n) is 10.5. The van der Waals surface area contributed by atoms with Crippen LogP contribution in [0.1, 0.15) is 11.1 Å².